The second-order valence-corrected chi connectivity index (χ2v) is 21.5. The first kappa shape index (κ1) is 50.3. The molecule has 0 aliphatic carbocycles. The lowest BCUT2D eigenvalue weighted by atomic mass is 9.84. The van der Waals surface area contributed by atoms with Gasteiger partial charge in [-0.1, -0.05) is 51.0 Å². The predicted octanol–water partition coefficient (Wildman–Crippen LogP) is 5.55. The lowest BCUT2D eigenvalue weighted by molar-refractivity contribution is -0.145. The van der Waals surface area contributed by atoms with Gasteiger partial charge >= 0.3 is 6.03 Å². The number of likely N-dealkylation sites (N-methyl/N-ethyl adjacent to an activating group) is 1. The number of para-hydroxylation sites is 1. The maximum Gasteiger partial charge on any atom is 0.320 e. The van der Waals surface area contributed by atoms with Crippen LogP contribution in [0.4, 0.5) is 10.7 Å². The summed E-state index contributed by atoms with van der Waals surface area (Å²) in [4.78, 5) is 68.7. The molecular weight excluding hydrogens is 909 g/mol. The number of fused-ring (bicyclic) bond motifs is 3. The topological polar surface area (TPSA) is 190 Å². The smallest absolute Gasteiger partial charge is 0.320 e. The molecule has 4 amide bonds. The molecule has 0 radical (unpaired) electrons. The fraction of sp³-hybridized carbons (Fsp3) is 0.509. The van der Waals surface area contributed by atoms with E-state index in [-0.39, 0.29) is 49.1 Å². The van der Waals surface area contributed by atoms with E-state index in [0.717, 1.165) is 90.7 Å². The number of carbonyl (C=O) groups excluding carboxylic acids is 3. The molecule has 3 saturated heterocycles. The van der Waals surface area contributed by atoms with E-state index in [9.17, 15) is 24.6 Å². The van der Waals surface area contributed by atoms with Crippen LogP contribution in [0.15, 0.2) is 67.0 Å². The molecule has 17 heteroatoms. The van der Waals surface area contributed by atoms with E-state index in [2.05, 4.69) is 43.1 Å². The van der Waals surface area contributed by atoms with Crippen molar-refractivity contribution in [2.75, 3.05) is 71.4 Å². The zero-order valence-electron chi connectivity index (χ0n) is 42.6. The Balaban J connectivity index is 0.803. The van der Waals surface area contributed by atoms with Gasteiger partial charge in [0.05, 0.1) is 17.8 Å². The molecule has 5 aromatic rings. The van der Waals surface area contributed by atoms with Gasteiger partial charge in [-0.15, -0.1) is 16.6 Å². The van der Waals surface area contributed by atoms with E-state index in [1.807, 2.05) is 99.5 Å². The number of aliphatic hydroxyl groups is 1. The van der Waals surface area contributed by atoms with Crippen LogP contribution >= 0.6 is 0 Å². The lowest BCUT2D eigenvalue weighted by Gasteiger charge is -2.46. The molecule has 7 heterocycles. The Hall–Kier alpha value is -6.61. The normalized spacial score (nSPS) is 20.7. The van der Waals surface area contributed by atoms with Crippen LogP contribution in [0.3, 0.4) is 0 Å². The van der Waals surface area contributed by atoms with Crippen molar-refractivity contribution in [2.24, 2.45) is 5.41 Å². The van der Waals surface area contributed by atoms with Gasteiger partial charge in [0.15, 0.2) is 5.65 Å². The van der Waals surface area contributed by atoms with Crippen LogP contribution in [0, 0.1) is 17.8 Å². The Morgan fingerprint density at radius 3 is 2.32 bits per heavy atom. The second-order valence-electron chi connectivity index (χ2n) is 21.5. The summed E-state index contributed by atoms with van der Waals surface area (Å²) in [5, 5.41) is 34.2. The maximum absolute atomic E-state index is 14.8. The van der Waals surface area contributed by atoms with Crippen LogP contribution < -0.4 is 10.2 Å². The van der Waals surface area contributed by atoms with Gasteiger partial charge in [-0.25, -0.2) is 14.8 Å². The van der Waals surface area contributed by atoms with Crippen molar-refractivity contribution in [3.8, 4) is 29.4 Å². The van der Waals surface area contributed by atoms with Gasteiger partial charge in [-0.05, 0) is 113 Å². The van der Waals surface area contributed by atoms with Crippen molar-refractivity contribution >= 4 is 34.8 Å². The van der Waals surface area contributed by atoms with Crippen LogP contribution in [0.5, 0.6) is 5.75 Å². The van der Waals surface area contributed by atoms with Crippen molar-refractivity contribution in [1.29, 1.82) is 0 Å². The molecule has 4 N–H and O–H groups in total. The zero-order chi connectivity index (χ0) is 50.8. The third-order valence-electron chi connectivity index (χ3n) is 15.4. The minimum Gasteiger partial charge on any atom is -0.507 e. The number of phenols is 1. The monoisotopic (exact) mass is 979 g/mol. The zero-order valence-corrected chi connectivity index (χ0v) is 42.6. The number of rotatable bonds is 12. The fourth-order valence-corrected chi connectivity index (χ4v) is 11.4. The number of nitrogens with zero attached hydrogens (tertiary/aromatic N) is 10. The first-order valence-corrected chi connectivity index (χ1v) is 25.6. The molecule has 0 unspecified atom stereocenters. The molecule has 4 aliphatic rings. The predicted molar refractivity (Wildman–Crippen MR) is 277 cm³/mol. The number of β-amino-alcohol motifs (C(OH)–C–C–N with tert-alkyl or cyclic N) is 1. The standard InChI is InChI=1S/C55H70N12O5/c1-8-36-13-15-37(16-14-36)31-56-51(70)46-29-41(68)34-67(46)52(71)49(55(3,4)5)66(28-27-62(6)7)54(72)64-24-19-40(20-25-64)63-22-17-38(18-23-63)39-32-57-53(58-33-39)65-26-21-44-48(35(65)2)43-30-45(60-61-50(43)59-44)42-11-9-10-12-47(42)69/h1,9-16,30,32-33,35,38,40-41,46,49,68-69H,17-29,31,34H2,2-7H3,(H,56,70)(H,59,61)/t35-,41-,46+,49-/m1/s1. The lowest BCUT2D eigenvalue weighted by Crippen LogP contribution is -2.62. The molecule has 4 aliphatic heterocycles. The number of piperidine rings is 2. The average molecular weight is 979 g/mol. The molecule has 0 spiro atoms. The Morgan fingerprint density at radius 1 is 0.944 bits per heavy atom. The maximum atomic E-state index is 14.8. The Kier molecular flexibility index (Phi) is 14.8. The number of aromatic hydroxyl groups is 1. The van der Waals surface area contributed by atoms with E-state index in [1.54, 1.807) is 17.0 Å². The summed E-state index contributed by atoms with van der Waals surface area (Å²) in [6.45, 7) is 13.1. The molecular formula is C55H70N12O5. The van der Waals surface area contributed by atoms with Gasteiger partial charge in [0.1, 0.15) is 17.8 Å². The van der Waals surface area contributed by atoms with Crippen LogP contribution in [0.2, 0.25) is 0 Å². The molecule has 3 aromatic heterocycles. The fourth-order valence-electron chi connectivity index (χ4n) is 11.4. The van der Waals surface area contributed by atoms with Crippen molar-refractivity contribution in [3.63, 3.8) is 0 Å². The van der Waals surface area contributed by atoms with E-state index in [4.69, 9.17) is 16.4 Å². The summed E-state index contributed by atoms with van der Waals surface area (Å²) in [5.41, 5.74) is 6.38. The Bertz CT molecular complexity index is 2770. The number of aromatic nitrogens is 5. The molecule has 380 valence electrons. The first-order valence-electron chi connectivity index (χ1n) is 25.6. The van der Waals surface area contributed by atoms with E-state index < -0.39 is 23.6 Å². The van der Waals surface area contributed by atoms with Gasteiger partial charge in [0.2, 0.25) is 17.8 Å². The number of H-pyrrole nitrogens is 1. The number of hydrogen-bond donors (Lipinski definition) is 4. The highest BCUT2D eigenvalue weighted by molar-refractivity contribution is 5.93. The number of aliphatic hydroxyl groups excluding tert-OH is 1. The number of likely N-dealkylation sites (tertiary alicyclic amines) is 3. The highest BCUT2D eigenvalue weighted by Gasteiger charge is 2.48. The molecule has 0 saturated carbocycles. The number of urea groups is 1. The number of benzene rings is 2. The molecule has 4 atom stereocenters. The average Bonchev–Trinajstić information content (AvgIpc) is 3.97. The number of nitrogens with one attached hydrogen (secondary N) is 2. The molecule has 17 nitrogen and oxygen atoms in total. The summed E-state index contributed by atoms with van der Waals surface area (Å²) >= 11 is 0. The van der Waals surface area contributed by atoms with Gasteiger partial charge in [0.25, 0.3) is 0 Å². The third kappa shape index (κ3) is 10.6. The number of hydrogen-bond acceptors (Lipinski definition) is 12. The summed E-state index contributed by atoms with van der Waals surface area (Å²) in [6.07, 6.45) is 13.3. The highest BCUT2D eigenvalue weighted by atomic mass is 16.3. The molecule has 3 fully saturated rings. The van der Waals surface area contributed by atoms with Crippen LogP contribution in [0.1, 0.15) is 99.7 Å². The van der Waals surface area contributed by atoms with Crippen molar-refractivity contribution in [1.82, 2.24) is 55.0 Å². The minimum atomic E-state index is -0.872. The van der Waals surface area contributed by atoms with Crippen LogP contribution in [-0.4, -0.2) is 168 Å². The Morgan fingerprint density at radius 2 is 1.65 bits per heavy atom. The molecule has 9 rings (SSSR count). The molecule has 72 heavy (non-hydrogen) atoms. The number of amides is 4. The number of carbonyl (C=O) groups is 3. The summed E-state index contributed by atoms with van der Waals surface area (Å²) in [7, 11) is 3.90. The Labute approximate surface area is 423 Å². The van der Waals surface area contributed by atoms with Gasteiger partial charge in [0, 0.05) is 105 Å². The molecule has 0 bridgehead atoms. The number of anilines is 1. The van der Waals surface area contributed by atoms with Crippen LogP contribution in [0.25, 0.3) is 22.3 Å². The minimum absolute atomic E-state index is 0.00312. The number of aromatic amines is 1. The van der Waals surface area contributed by atoms with Gasteiger partial charge in [-0.3, -0.25) is 9.59 Å². The first-order chi connectivity index (χ1) is 34.6. The second kappa shape index (κ2) is 21.2. The SMILES string of the molecule is C#Cc1ccc(CNC(=O)[C@@H]2C[C@@H](O)CN2C(=O)[C@@H](N(CCN(C)C)C(=O)N2CCC(N3CCC(c4cnc(N5CCc6[nH]c7nnc(-c8ccccc8O)cc7c6[C@H]5C)nc4)CC3)CC2)C(C)(C)C)cc1. The van der Waals surface area contributed by atoms with Gasteiger partial charge in [-0.2, -0.15) is 0 Å². The highest BCUT2D eigenvalue weighted by Crippen LogP contribution is 2.39. The van der Waals surface area contributed by atoms with E-state index >= 15 is 0 Å². The largest absolute Gasteiger partial charge is 0.507 e. The van der Waals surface area contributed by atoms with Crippen molar-refractivity contribution < 1.29 is 24.6 Å². The number of terminal acetylenes is 1. The van der Waals surface area contributed by atoms with Crippen molar-refractivity contribution in [2.45, 2.75) is 109 Å². The quantitative estimate of drug-likeness (QED) is 0.114. The summed E-state index contributed by atoms with van der Waals surface area (Å²) in [5.74, 6) is 3.15. The molecule has 2 aromatic carbocycles. The summed E-state index contributed by atoms with van der Waals surface area (Å²) < 4.78 is 0. The van der Waals surface area contributed by atoms with Gasteiger partial charge < -0.3 is 49.9 Å². The van der Waals surface area contributed by atoms with Crippen LogP contribution in [-0.2, 0) is 22.6 Å². The van der Waals surface area contributed by atoms with Crippen molar-refractivity contribution in [3.05, 3.63) is 94.9 Å². The third-order valence-corrected chi connectivity index (χ3v) is 15.4. The van der Waals surface area contributed by atoms with E-state index in [1.165, 1.54) is 4.90 Å². The van der Waals surface area contributed by atoms with E-state index in [0.29, 0.717) is 55.3 Å². The summed E-state index contributed by atoms with van der Waals surface area (Å²) in [6, 6.07) is 15.0. The number of phenolic OH excluding ortho intramolecular Hbond substituents is 1.